The Hall–Kier alpha value is -0.860. The summed E-state index contributed by atoms with van der Waals surface area (Å²) in [5.41, 5.74) is 0.997. The van der Waals surface area contributed by atoms with Gasteiger partial charge >= 0.3 is 0 Å². The maximum atomic E-state index is 10.2. The van der Waals surface area contributed by atoms with Crippen LogP contribution in [0.15, 0.2) is 30.3 Å². The summed E-state index contributed by atoms with van der Waals surface area (Å²) in [5, 5.41) is 10.2. The van der Waals surface area contributed by atoms with Gasteiger partial charge in [-0.1, -0.05) is 44.2 Å². The quantitative estimate of drug-likeness (QED) is 0.801. The molecule has 0 heterocycles. The van der Waals surface area contributed by atoms with Gasteiger partial charge in [-0.2, -0.15) is 0 Å². The molecular formula is C13H21NO. The number of hydrogen-bond acceptors (Lipinski definition) is 2. The zero-order valence-corrected chi connectivity index (χ0v) is 9.85. The van der Waals surface area contributed by atoms with Crippen molar-refractivity contribution in [2.24, 2.45) is 0 Å². The number of hydrogen-bond donors (Lipinski definition) is 1. The van der Waals surface area contributed by atoms with Gasteiger partial charge in [-0.25, -0.2) is 0 Å². The minimum absolute atomic E-state index is 0.169. The topological polar surface area (TPSA) is 23.5 Å². The van der Waals surface area contributed by atoms with Crippen LogP contribution in [0.25, 0.3) is 0 Å². The van der Waals surface area contributed by atoms with E-state index in [2.05, 4.69) is 25.7 Å². The van der Waals surface area contributed by atoms with Crippen LogP contribution in [0.5, 0.6) is 0 Å². The van der Waals surface area contributed by atoms with E-state index in [1.807, 2.05) is 30.3 Å². The van der Waals surface area contributed by atoms with E-state index < -0.39 is 6.10 Å². The molecule has 0 spiro atoms. The molecule has 0 radical (unpaired) electrons. The molecule has 84 valence electrons. The van der Waals surface area contributed by atoms with E-state index in [1.54, 1.807) is 0 Å². The maximum Gasteiger partial charge on any atom is 0.0942 e. The van der Waals surface area contributed by atoms with E-state index in [1.165, 1.54) is 0 Å². The Morgan fingerprint density at radius 3 is 2.13 bits per heavy atom. The molecule has 0 aliphatic rings. The van der Waals surface area contributed by atoms with Gasteiger partial charge in [-0.3, -0.25) is 4.90 Å². The van der Waals surface area contributed by atoms with Crippen LogP contribution in [0.4, 0.5) is 0 Å². The highest BCUT2D eigenvalue weighted by molar-refractivity contribution is 5.18. The van der Waals surface area contributed by atoms with Gasteiger partial charge in [0.2, 0.25) is 0 Å². The summed E-state index contributed by atoms with van der Waals surface area (Å²) in [4.78, 5) is 2.26. The lowest BCUT2D eigenvalue weighted by Crippen LogP contribution is -2.37. The van der Waals surface area contributed by atoms with Gasteiger partial charge < -0.3 is 5.11 Å². The van der Waals surface area contributed by atoms with E-state index in [4.69, 9.17) is 0 Å². The van der Waals surface area contributed by atoms with Crippen LogP contribution in [-0.4, -0.2) is 29.1 Å². The fraction of sp³-hybridized carbons (Fsp3) is 0.538. The molecule has 0 bridgehead atoms. The molecule has 1 aromatic rings. The number of benzene rings is 1. The predicted octanol–water partition coefficient (Wildman–Crippen LogP) is 2.45. The Morgan fingerprint density at radius 1 is 1.13 bits per heavy atom. The molecule has 1 rings (SSSR count). The Balaban J connectivity index is 2.71. The zero-order valence-electron chi connectivity index (χ0n) is 9.85. The van der Waals surface area contributed by atoms with Crippen molar-refractivity contribution in [3.8, 4) is 0 Å². The average molecular weight is 207 g/mol. The summed E-state index contributed by atoms with van der Waals surface area (Å²) in [5.74, 6) is 0. The van der Waals surface area contributed by atoms with E-state index in [0.29, 0.717) is 0 Å². The van der Waals surface area contributed by atoms with E-state index in [9.17, 15) is 5.11 Å². The highest BCUT2D eigenvalue weighted by Crippen LogP contribution is 2.20. The molecule has 15 heavy (non-hydrogen) atoms. The normalized spacial score (nSPS) is 15.3. The van der Waals surface area contributed by atoms with Crippen LogP contribution in [0.3, 0.4) is 0 Å². The van der Waals surface area contributed by atoms with Crippen molar-refractivity contribution in [3.05, 3.63) is 35.9 Å². The summed E-state index contributed by atoms with van der Waals surface area (Å²) in [6.45, 7) is 8.27. The van der Waals surface area contributed by atoms with E-state index in [-0.39, 0.29) is 6.04 Å². The van der Waals surface area contributed by atoms with Gasteiger partial charge in [0.15, 0.2) is 0 Å². The lowest BCUT2D eigenvalue weighted by Gasteiger charge is -2.30. The minimum Gasteiger partial charge on any atom is -0.387 e. The second-order valence-corrected chi connectivity index (χ2v) is 3.82. The first kappa shape index (κ1) is 12.2. The molecule has 1 aromatic carbocycles. The average Bonchev–Trinajstić information content (AvgIpc) is 2.30. The fourth-order valence-corrected chi connectivity index (χ4v) is 1.93. The second-order valence-electron chi connectivity index (χ2n) is 3.82. The Bertz CT molecular complexity index is 269. The third kappa shape index (κ3) is 3.05. The SMILES string of the molecule is CCN(CC)C(C)C(O)c1ccccc1. The molecule has 2 heteroatoms. The van der Waals surface area contributed by atoms with Gasteiger partial charge in [-0.15, -0.1) is 0 Å². The Labute approximate surface area is 92.5 Å². The van der Waals surface area contributed by atoms with Crippen molar-refractivity contribution < 1.29 is 5.11 Å². The summed E-state index contributed by atoms with van der Waals surface area (Å²) in [6.07, 6.45) is -0.397. The van der Waals surface area contributed by atoms with Gasteiger partial charge in [-0.05, 0) is 25.6 Å². The summed E-state index contributed by atoms with van der Waals surface area (Å²) in [6, 6.07) is 10.0. The number of aliphatic hydroxyl groups is 1. The Kier molecular flexibility index (Phi) is 4.79. The first-order valence-electron chi connectivity index (χ1n) is 5.67. The molecule has 2 atom stereocenters. The lowest BCUT2D eigenvalue weighted by molar-refractivity contribution is 0.0638. The molecular weight excluding hydrogens is 186 g/mol. The highest BCUT2D eigenvalue weighted by atomic mass is 16.3. The van der Waals surface area contributed by atoms with Gasteiger partial charge in [0, 0.05) is 6.04 Å². The monoisotopic (exact) mass is 207 g/mol. The minimum atomic E-state index is -0.397. The zero-order chi connectivity index (χ0) is 11.3. The predicted molar refractivity (Wildman–Crippen MR) is 63.8 cm³/mol. The maximum absolute atomic E-state index is 10.2. The van der Waals surface area contributed by atoms with E-state index in [0.717, 1.165) is 18.7 Å². The van der Waals surface area contributed by atoms with Crippen molar-refractivity contribution in [1.29, 1.82) is 0 Å². The Morgan fingerprint density at radius 2 is 1.67 bits per heavy atom. The van der Waals surface area contributed by atoms with Crippen molar-refractivity contribution in [3.63, 3.8) is 0 Å². The van der Waals surface area contributed by atoms with E-state index >= 15 is 0 Å². The summed E-state index contributed by atoms with van der Waals surface area (Å²) in [7, 11) is 0. The van der Waals surface area contributed by atoms with Crippen LogP contribution in [0.2, 0.25) is 0 Å². The fourth-order valence-electron chi connectivity index (χ4n) is 1.93. The molecule has 0 aliphatic heterocycles. The summed E-state index contributed by atoms with van der Waals surface area (Å²) >= 11 is 0. The first-order chi connectivity index (χ1) is 7.20. The smallest absolute Gasteiger partial charge is 0.0942 e. The molecule has 0 amide bonds. The number of likely N-dealkylation sites (N-methyl/N-ethyl adjacent to an activating group) is 1. The number of nitrogens with zero attached hydrogens (tertiary/aromatic N) is 1. The third-order valence-electron chi connectivity index (χ3n) is 2.99. The van der Waals surface area contributed by atoms with Crippen molar-refractivity contribution >= 4 is 0 Å². The van der Waals surface area contributed by atoms with Gasteiger partial charge in [0.1, 0.15) is 0 Å². The first-order valence-corrected chi connectivity index (χ1v) is 5.67. The number of aliphatic hydroxyl groups excluding tert-OH is 1. The van der Waals surface area contributed by atoms with Gasteiger partial charge in [0.25, 0.3) is 0 Å². The molecule has 0 aliphatic carbocycles. The van der Waals surface area contributed by atoms with Crippen molar-refractivity contribution in [1.82, 2.24) is 4.90 Å². The largest absolute Gasteiger partial charge is 0.387 e. The third-order valence-corrected chi connectivity index (χ3v) is 2.99. The van der Waals surface area contributed by atoms with Crippen molar-refractivity contribution in [2.75, 3.05) is 13.1 Å². The summed E-state index contributed by atoms with van der Waals surface area (Å²) < 4.78 is 0. The molecule has 2 nitrogen and oxygen atoms in total. The molecule has 0 aromatic heterocycles. The highest BCUT2D eigenvalue weighted by Gasteiger charge is 2.20. The van der Waals surface area contributed by atoms with Crippen LogP contribution in [0.1, 0.15) is 32.4 Å². The molecule has 1 N–H and O–H groups in total. The van der Waals surface area contributed by atoms with Crippen LogP contribution < -0.4 is 0 Å². The standard InChI is InChI=1S/C13H21NO/c1-4-14(5-2)11(3)13(15)12-9-7-6-8-10-12/h6-11,13,15H,4-5H2,1-3H3. The van der Waals surface area contributed by atoms with Crippen LogP contribution >= 0.6 is 0 Å². The van der Waals surface area contributed by atoms with Crippen LogP contribution in [-0.2, 0) is 0 Å². The molecule has 0 saturated heterocycles. The second kappa shape index (κ2) is 5.89. The van der Waals surface area contributed by atoms with Crippen molar-refractivity contribution in [2.45, 2.75) is 32.9 Å². The molecule has 0 fully saturated rings. The lowest BCUT2D eigenvalue weighted by atomic mass is 10.0. The van der Waals surface area contributed by atoms with Gasteiger partial charge in [0.05, 0.1) is 6.10 Å². The number of rotatable bonds is 5. The van der Waals surface area contributed by atoms with Crippen LogP contribution in [0, 0.1) is 0 Å². The molecule has 0 saturated carbocycles. The molecule has 2 unspecified atom stereocenters.